The molecular formula is C13H18O. The third-order valence-corrected chi connectivity index (χ3v) is 2.14. The van der Waals surface area contributed by atoms with Gasteiger partial charge in [0.15, 0.2) is 0 Å². The minimum atomic E-state index is -0.294. The molecule has 76 valence electrons. The Hall–Kier alpha value is -1.24. The number of ether oxygens (including phenoxy) is 1. The molecular weight excluding hydrogens is 172 g/mol. The topological polar surface area (TPSA) is 9.23 Å². The van der Waals surface area contributed by atoms with E-state index in [4.69, 9.17) is 4.74 Å². The second-order valence-electron chi connectivity index (χ2n) is 4.18. The lowest BCUT2D eigenvalue weighted by atomic mass is 9.96. The molecule has 0 bridgehead atoms. The van der Waals surface area contributed by atoms with Gasteiger partial charge in [-0.15, -0.1) is 0 Å². The van der Waals surface area contributed by atoms with Gasteiger partial charge >= 0.3 is 0 Å². The Morgan fingerprint density at radius 1 is 1.36 bits per heavy atom. The minimum absolute atomic E-state index is 0.294. The van der Waals surface area contributed by atoms with Crippen molar-refractivity contribution in [2.75, 3.05) is 0 Å². The van der Waals surface area contributed by atoms with Gasteiger partial charge < -0.3 is 4.74 Å². The van der Waals surface area contributed by atoms with Gasteiger partial charge in [0.2, 0.25) is 0 Å². The van der Waals surface area contributed by atoms with Crippen molar-refractivity contribution in [3.63, 3.8) is 0 Å². The predicted molar refractivity (Wildman–Crippen MR) is 60.1 cm³/mol. The molecule has 0 aliphatic carbocycles. The van der Waals surface area contributed by atoms with Gasteiger partial charge in [-0.1, -0.05) is 36.4 Å². The van der Waals surface area contributed by atoms with Gasteiger partial charge in [0, 0.05) is 0 Å². The van der Waals surface area contributed by atoms with E-state index in [0.29, 0.717) is 0 Å². The fraction of sp³-hybridized carbons (Fsp3) is 0.385. The zero-order valence-corrected chi connectivity index (χ0v) is 9.42. The molecule has 0 saturated heterocycles. The van der Waals surface area contributed by atoms with Gasteiger partial charge in [-0.3, -0.25) is 0 Å². The second kappa shape index (κ2) is 3.87. The molecule has 0 spiro atoms. The van der Waals surface area contributed by atoms with Crippen molar-refractivity contribution < 1.29 is 4.74 Å². The number of aryl methyl sites for hydroxylation is 1. The molecule has 0 aliphatic heterocycles. The zero-order valence-electron chi connectivity index (χ0n) is 9.42. The van der Waals surface area contributed by atoms with Crippen LogP contribution in [0, 0.1) is 6.92 Å². The van der Waals surface area contributed by atoms with E-state index < -0.39 is 0 Å². The highest BCUT2D eigenvalue weighted by atomic mass is 16.5. The fourth-order valence-electron chi connectivity index (χ4n) is 1.51. The molecule has 0 saturated carbocycles. The van der Waals surface area contributed by atoms with Crippen molar-refractivity contribution in [3.8, 4) is 0 Å². The number of hydrogen-bond acceptors (Lipinski definition) is 1. The Labute approximate surface area is 86.4 Å². The molecule has 1 aromatic carbocycles. The molecule has 0 radical (unpaired) electrons. The fourth-order valence-corrected chi connectivity index (χ4v) is 1.51. The van der Waals surface area contributed by atoms with Crippen molar-refractivity contribution in [3.05, 3.63) is 47.7 Å². The molecule has 1 aromatic rings. The van der Waals surface area contributed by atoms with E-state index in [-0.39, 0.29) is 5.60 Å². The summed E-state index contributed by atoms with van der Waals surface area (Å²) in [7, 11) is 0. The van der Waals surface area contributed by atoms with Crippen LogP contribution in [0.1, 0.15) is 31.9 Å². The van der Waals surface area contributed by atoms with Gasteiger partial charge in [-0.05, 0) is 33.3 Å². The Morgan fingerprint density at radius 3 is 2.50 bits per heavy atom. The van der Waals surface area contributed by atoms with E-state index in [1.165, 1.54) is 11.1 Å². The SMILES string of the molecule is C=C(C)OC(C)(C)c1cccc(C)c1. The molecule has 0 aromatic heterocycles. The third-order valence-electron chi connectivity index (χ3n) is 2.14. The smallest absolute Gasteiger partial charge is 0.128 e. The van der Waals surface area contributed by atoms with Crippen molar-refractivity contribution in [1.82, 2.24) is 0 Å². The van der Waals surface area contributed by atoms with Crippen molar-refractivity contribution in [2.24, 2.45) is 0 Å². The second-order valence-corrected chi connectivity index (χ2v) is 4.18. The number of hydrogen-bond donors (Lipinski definition) is 0. The molecule has 0 unspecified atom stereocenters. The third kappa shape index (κ3) is 2.63. The highest BCUT2D eigenvalue weighted by molar-refractivity contribution is 5.26. The molecule has 1 rings (SSSR count). The molecule has 14 heavy (non-hydrogen) atoms. The molecule has 0 fully saturated rings. The summed E-state index contributed by atoms with van der Waals surface area (Å²) >= 11 is 0. The van der Waals surface area contributed by atoms with Crippen molar-refractivity contribution >= 4 is 0 Å². The summed E-state index contributed by atoms with van der Waals surface area (Å²) in [6.45, 7) is 11.8. The lowest BCUT2D eigenvalue weighted by molar-refractivity contribution is 0.0337. The quantitative estimate of drug-likeness (QED) is 0.659. The van der Waals surface area contributed by atoms with E-state index in [1.54, 1.807) is 0 Å². The first-order valence-electron chi connectivity index (χ1n) is 4.83. The van der Waals surface area contributed by atoms with Crippen LogP contribution in [0.25, 0.3) is 0 Å². The molecule has 1 nitrogen and oxygen atoms in total. The van der Waals surface area contributed by atoms with Crippen molar-refractivity contribution in [1.29, 1.82) is 0 Å². The van der Waals surface area contributed by atoms with Crippen LogP contribution in [0.5, 0.6) is 0 Å². The Balaban J connectivity index is 2.97. The van der Waals surface area contributed by atoms with Gasteiger partial charge in [0.1, 0.15) is 5.60 Å². The molecule has 0 aliphatic rings. The summed E-state index contributed by atoms with van der Waals surface area (Å²) in [5.41, 5.74) is 2.14. The Morgan fingerprint density at radius 2 is 2.00 bits per heavy atom. The highest BCUT2D eigenvalue weighted by Gasteiger charge is 2.21. The van der Waals surface area contributed by atoms with Gasteiger partial charge in [0.05, 0.1) is 5.76 Å². The number of rotatable bonds is 3. The molecule has 0 amide bonds. The van der Waals surface area contributed by atoms with E-state index in [1.807, 2.05) is 13.0 Å². The largest absolute Gasteiger partial charge is 0.488 e. The minimum Gasteiger partial charge on any atom is -0.488 e. The first kappa shape index (κ1) is 10.8. The lowest BCUT2D eigenvalue weighted by Crippen LogP contribution is -2.20. The average Bonchev–Trinajstić information content (AvgIpc) is 2.01. The van der Waals surface area contributed by atoms with E-state index in [2.05, 4.69) is 45.5 Å². The monoisotopic (exact) mass is 190 g/mol. The van der Waals surface area contributed by atoms with Gasteiger partial charge in [-0.2, -0.15) is 0 Å². The Bertz CT molecular complexity index is 337. The molecule has 1 heteroatoms. The van der Waals surface area contributed by atoms with Crippen LogP contribution in [-0.2, 0) is 10.3 Å². The average molecular weight is 190 g/mol. The summed E-state index contributed by atoms with van der Waals surface area (Å²) in [6, 6.07) is 8.35. The first-order chi connectivity index (χ1) is 6.42. The van der Waals surface area contributed by atoms with Crippen LogP contribution in [-0.4, -0.2) is 0 Å². The normalized spacial score (nSPS) is 11.1. The van der Waals surface area contributed by atoms with Gasteiger partial charge in [0.25, 0.3) is 0 Å². The van der Waals surface area contributed by atoms with E-state index >= 15 is 0 Å². The van der Waals surface area contributed by atoms with Crippen LogP contribution >= 0.6 is 0 Å². The maximum absolute atomic E-state index is 5.68. The summed E-state index contributed by atoms with van der Waals surface area (Å²) in [5, 5.41) is 0. The summed E-state index contributed by atoms with van der Waals surface area (Å²) < 4.78 is 5.68. The molecule has 0 atom stereocenters. The van der Waals surface area contributed by atoms with Crippen LogP contribution in [0.3, 0.4) is 0 Å². The molecule has 0 heterocycles. The Kier molecular flexibility index (Phi) is 3.00. The summed E-state index contributed by atoms with van der Waals surface area (Å²) in [4.78, 5) is 0. The maximum atomic E-state index is 5.68. The van der Waals surface area contributed by atoms with Crippen molar-refractivity contribution in [2.45, 2.75) is 33.3 Å². The zero-order chi connectivity index (χ0) is 10.8. The molecule has 0 N–H and O–H groups in total. The van der Waals surface area contributed by atoms with Crippen LogP contribution < -0.4 is 0 Å². The van der Waals surface area contributed by atoms with Crippen LogP contribution in [0.2, 0.25) is 0 Å². The number of benzene rings is 1. The number of allylic oxidation sites excluding steroid dienone is 1. The first-order valence-corrected chi connectivity index (χ1v) is 4.83. The van der Waals surface area contributed by atoms with E-state index in [9.17, 15) is 0 Å². The van der Waals surface area contributed by atoms with Crippen LogP contribution in [0.4, 0.5) is 0 Å². The van der Waals surface area contributed by atoms with E-state index in [0.717, 1.165) is 5.76 Å². The predicted octanol–water partition coefficient (Wildman–Crippen LogP) is 3.78. The lowest BCUT2D eigenvalue weighted by Gasteiger charge is -2.27. The summed E-state index contributed by atoms with van der Waals surface area (Å²) in [6.07, 6.45) is 0. The summed E-state index contributed by atoms with van der Waals surface area (Å²) in [5.74, 6) is 0.747. The standard InChI is InChI=1S/C13H18O/c1-10(2)14-13(4,5)12-8-6-7-11(3)9-12/h6-9H,1H2,2-5H3. The highest BCUT2D eigenvalue weighted by Crippen LogP contribution is 2.27. The maximum Gasteiger partial charge on any atom is 0.128 e. The van der Waals surface area contributed by atoms with Gasteiger partial charge in [-0.25, -0.2) is 0 Å². The van der Waals surface area contributed by atoms with Crippen LogP contribution in [0.15, 0.2) is 36.6 Å².